The number of hydrogen-bond acceptors (Lipinski definition) is 9. The highest BCUT2D eigenvalue weighted by Gasteiger charge is 2.23. The lowest BCUT2D eigenvalue weighted by Gasteiger charge is -2.32. The molecule has 4 rings (SSSR count). The highest BCUT2D eigenvalue weighted by molar-refractivity contribution is 7.99. The molecule has 0 spiro atoms. The first-order valence-electron chi connectivity index (χ1n) is 9.20. The first-order valence-corrected chi connectivity index (χ1v) is 10.8. The van der Waals surface area contributed by atoms with Gasteiger partial charge in [0.1, 0.15) is 6.20 Å². The van der Waals surface area contributed by atoms with Gasteiger partial charge >= 0.3 is 11.0 Å². The zero-order valence-electron chi connectivity index (χ0n) is 16.0. The molecule has 31 heavy (non-hydrogen) atoms. The minimum Gasteiger partial charge on any atom is -0.456 e. The van der Waals surface area contributed by atoms with Crippen molar-refractivity contribution in [2.24, 2.45) is 0 Å². The maximum atomic E-state index is 12.2. The molecule has 1 aliphatic rings. The predicted octanol–water partition coefficient (Wildman–Crippen LogP) is 4.23. The van der Waals surface area contributed by atoms with Gasteiger partial charge in [-0.05, 0) is 35.6 Å². The fraction of sp³-hybridized carbons (Fsp3) is 0.150. The summed E-state index contributed by atoms with van der Waals surface area (Å²) in [7, 11) is 0. The van der Waals surface area contributed by atoms with E-state index in [9.17, 15) is 19.7 Å². The number of esters is 1. The van der Waals surface area contributed by atoms with Crippen molar-refractivity contribution < 1.29 is 19.2 Å². The Morgan fingerprint density at radius 2 is 1.74 bits per heavy atom. The Balaban J connectivity index is 1.33. The van der Waals surface area contributed by atoms with E-state index >= 15 is 0 Å². The number of aromatic nitrogens is 1. The predicted molar refractivity (Wildman–Crippen MR) is 117 cm³/mol. The van der Waals surface area contributed by atoms with Crippen LogP contribution in [0.5, 0.6) is 0 Å². The Kier molecular flexibility index (Phi) is 6.14. The number of nitrogens with one attached hydrogen (secondary N) is 1. The maximum Gasteiger partial charge on any atom is 0.345 e. The zero-order valence-corrected chi connectivity index (χ0v) is 17.6. The van der Waals surface area contributed by atoms with Crippen LogP contribution in [0.1, 0.15) is 6.42 Å². The summed E-state index contributed by atoms with van der Waals surface area (Å²) >= 11 is 2.41. The van der Waals surface area contributed by atoms with Crippen LogP contribution in [0.3, 0.4) is 0 Å². The minimum atomic E-state index is -0.609. The Hall–Kier alpha value is -3.44. The molecule has 158 valence electrons. The fourth-order valence-corrected chi connectivity index (χ4v) is 4.75. The normalized spacial score (nSPS) is 11.9. The molecule has 0 bridgehead atoms. The van der Waals surface area contributed by atoms with Gasteiger partial charge in [0.2, 0.25) is 0 Å². The molecule has 0 saturated carbocycles. The van der Waals surface area contributed by atoms with Crippen LogP contribution in [0.4, 0.5) is 21.5 Å². The van der Waals surface area contributed by atoms with E-state index in [1.807, 2.05) is 48.5 Å². The van der Waals surface area contributed by atoms with Crippen molar-refractivity contribution in [1.82, 2.24) is 4.98 Å². The molecule has 0 saturated heterocycles. The Labute approximate surface area is 185 Å². The zero-order chi connectivity index (χ0) is 21.8. The first kappa shape index (κ1) is 20.8. The van der Waals surface area contributed by atoms with E-state index in [0.29, 0.717) is 6.54 Å². The molecule has 3 aromatic rings. The summed E-state index contributed by atoms with van der Waals surface area (Å²) in [6, 6.07) is 15.9. The van der Waals surface area contributed by atoms with Crippen LogP contribution < -0.4 is 10.2 Å². The smallest absolute Gasteiger partial charge is 0.345 e. The summed E-state index contributed by atoms with van der Waals surface area (Å²) in [5, 5.41) is 12.9. The van der Waals surface area contributed by atoms with Gasteiger partial charge in [0, 0.05) is 16.3 Å². The molecular weight excluding hydrogens is 440 g/mol. The van der Waals surface area contributed by atoms with Crippen LogP contribution in [0.25, 0.3) is 0 Å². The molecule has 2 aromatic carbocycles. The molecule has 0 aliphatic carbocycles. The second kappa shape index (κ2) is 9.14. The highest BCUT2D eigenvalue weighted by atomic mass is 32.2. The van der Waals surface area contributed by atoms with Gasteiger partial charge in [-0.3, -0.25) is 25.0 Å². The summed E-state index contributed by atoms with van der Waals surface area (Å²) in [6.45, 7) is -0.0943. The van der Waals surface area contributed by atoms with Gasteiger partial charge in [-0.15, -0.1) is 0 Å². The van der Waals surface area contributed by atoms with Crippen molar-refractivity contribution in [3.8, 4) is 0 Å². The quantitative estimate of drug-likeness (QED) is 0.319. The number of thiazole rings is 1. The first-order chi connectivity index (χ1) is 15.0. The standard InChI is InChI=1S/C20H16N4O5S2/c25-17(22-20-21-11-18(31-20)24(27)28)12-29-19(26)9-10-23-13-5-1-3-7-15(13)30-16-8-4-2-6-14(16)23/h1-8,11H,9-10,12H2,(H,21,22,25). The Morgan fingerprint density at radius 3 is 2.35 bits per heavy atom. The van der Waals surface area contributed by atoms with Crippen LogP contribution in [0.15, 0.2) is 64.5 Å². The second-order valence-corrected chi connectivity index (χ2v) is 8.50. The fourth-order valence-electron chi connectivity index (χ4n) is 3.01. The second-order valence-electron chi connectivity index (χ2n) is 6.41. The highest BCUT2D eigenvalue weighted by Crippen LogP contribution is 2.47. The molecule has 0 fully saturated rings. The average Bonchev–Trinajstić information content (AvgIpc) is 3.24. The number of carbonyl (C=O) groups excluding carboxylic acids is 2. The lowest BCUT2D eigenvalue weighted by atomic mass is 10.2. The number of nitro groups is 1. The van der Waals surface area contributed by atoms with E-state index in [4.69, 9.17) is 4.74 Å². The van der Waals surface area contributed by atoms with Crippen LogP contribution in [0, 0.1) is 10.1 Å². The molecule has 1 aliphatic heterocycles. The number of ether oxygens (including phenoxy) is 1. The third-order valence-corrected chi connectivity index (χ3v) is 6.35. The third-order valence-electron chi connectivity index (χ3n) is 4.36. The minimum absolute atomic E-state index is 0.0757. The summed E-state index contributed by atoms with van der Waals surface area (Å²) < 4.78 is 5.06. The van der Waals surface area contributed by atoms with Gasteiger partial charge in [-0.25, -0.2) is 4.98 Å². The van der Waals surface area contributed by atoms with Crippen molar-refractivity contribution in [2.45, 2.75) is 16.2 Å². The average molecular weight is 457 g/mol. The lowest BCUT2D eigenvalue weighted by molar-refractivity contribution is -0.380. The number of fused-ring (bicyclic) bond motifs is 2. The largest absolute Gasteiger partial charge is 0.456 e. The van der Waals surface area contributed by atoms with Gasteiger partial charge in [-0.2, -0.15) is 0 Å². The third kappa shape index (κ3) is 4.84. The van der Waals surface area contributed by atoms with Crippen LogP contribution in [-0.4, -0.2) is 34.9 Å². The van der Waals surface area contributed by atoms with Crippen LogP contribution >= 0.6 is 23.1 Å². The van der Waals surface area contributed by atoms with E-state index in [2.05, 4.69) is 15.2 Å². The van der Waals surface area contributed by atoms with Gasteiger partial charge in [0.15, 0.2) is 11.7 Å². The van der Waals surface area contributed by atoms with Crippen molar-refractivity contribution in [1.29, 1.82) is 0 Å². The van der Waals surface area contributed by atoms with Gasteiger partial charge in [-0.1, -0.05) is 36.0 Å². The number of anilines is 3. The molecule has 0 unspecified atom stereocenters. The number of nitrogens with zero attached hydrogens (tertiary/aromatic N) is 3. The summed E-state index contributed by atoms with van der Waals surface area (Å²) in [6.07, 6.45) is 1.14. The lowest BCUT2D eigenvalue weighted by Crippen LogP contribution is -2.26. The molecule has 0 atom stereocenters. The van der Waals surface area contributed by atoms with Gasteiger partial charge < -0.3 is 9.64 Å². The van der Waals surface area contributed by atoms with Crippen molar-refractivity contribution in [3.63, 3.8) is 0 Å². The number of carbonyl (C=O) groups is 2. The summed E-state index contributed by atoms with van der Waals surface area (Å²) in [4.78, 5) is 42.2. The monoisotopic (exact) mass is 456 g/mol. The molecular formula is C20H16N4O5S2. The number of rotatable bonds is 7. The molecule has 0 radical (unpaired) electrons. The molecule has 1 aromatic heterocycles. The molecule has 11 heteroatoms. The topological polar surface area (TPSA) is 115 Å². The molecule has 9 nitrogen and oxygen atoms in total. The van der Waals surface area contributed by atoms with E-state index in [1.54, 1.807) is 11.8 Å². The number of hydrogen-bond donors (Lipinski definition) is 1. The Morgan fingerprint density at radius 1 is 1.10 bits per heavy atom. The summed E-state index contributed by atoms with van der Waals surface area (Å²) in [5.74, 6) is -1.13. The van der Waals surface area contributed by atoms with E-state index in [0.717, 1.165) is 38.7 Å². The van der Waals surface area contributed by atoms with E-state index < -0.39 is 23.4 Å². The SMILES string of the molecule is O=C(COC(=O)CCN1c2ccccc2Sc2ccccc21)Nc1ncc([N+](=O)[O-])s1. The van der Waals surface area contributed by atoms with Crippen LogP contribution in [0.2, 0.25) is 0 Å². The van der Waals surface area contributed by atoms with E-state index in [-0.39, 0.29) is 16.6 Å². The number of para-hydroxylation sites is 2. The number of amides is 1. The molecule has 1 amide bonds. The van der Waals surface area contributed by atoms with Crippen molar-refractivity contribution in [3.05, 3.63) is 64.8 Å². The molecule has 2 heterocycles. The van der Waals surface area contributed by atoms with Crippen LogP contribution in [-0.2, 0) is 14.3 Å². The van der Waals surface area contributed by atoms with E-state index in [1.165, 1.54) is 0 Å². The van der Waals surface area contributed by atoms with Gasteiger partial charge in [0.25, 0.3) is 5.91 Å². The molecule has 1 N–H and O–H groups in total. The maximum absolute atomic E-state index is 12.2. The van der Waals surface area contributed by atoms with Crippen molar-refractivity contribution in [2.75, 3.05) is 23.4 Å². The van der Waals surface area contributed by atoms with Crippen molar-refractivity contribution >= 4 is 56.5 Å². The number of benzene rings is 2. The summed E-state index contributed by atoms with van der Waals surface area (Å²) in [5.41, 5.74) is 2.03. The van der Waals surface area contributed by atoms with Gasteiger partial charge in [0.05, 0.1) is 22.7 Å². The Bertz CT molecular complexity index is 1100.